The summed E-state index contributed by atoms with van der Waals surface area (Å²) in [5.74, 6) is 1.71. The number of hydrogen-bond acceptors (Lipinski definition) is 9. The molecule has 0 N–H and O–H groups in total. The van der Waals surface area contributed by atoms with Crippen LogP contribution < -0.4 is 33.8 Å². The van der Waals surface area contributed by atoms with Crippen molar-refractivity contribution in [2.75, 3.05) is 20.2 Å². The minimum Gasteiger partial charge on any atom is -0.463 e. The van der Waals surface area contributed by atoms with Crippen LogP contribution in [0.2, 0.25) is 5.02 Å². The van der Waals surface area contributed by atoms with Crippen LogP contribution in [0.15, 0.2) is 51.4 Å². The molecular formula is C25H19ClN2O7S. The van der Waals surface area contributed by atoms with E-state index >= 15 is 0 Å². The highest BCUT2D eigenvalue weighted by Crippen LogP contribution is 2.39. The summed E-state index contributed by atoms with van der Waals surface area (Å²) in [5, 5.41) is 0.417. The summed E-state index contributed by atoms with van der Waals surface area (Å²) in [6.07, 6.45) is 1.69. The average Bonchev–Trinajstić information content (AvgIpc) is 3.57. The number of aromatic nitrogens is 1. The number of carbonyl (C=O) groups excluding carboxylic acids is 1. The van der Waals surface area contributed by atoms with Gasteiger partial charge in [-0.2, -0.15) is 0 Å². The molecule has 0 saturated heterocycles. The molecule has 11 heteroatoms. The van der Waals surface area contributed by atoms with Gasteiger partial charge in [0, 0.05) is 6.07 Å². The Morgan fingerprint density at radius 2 is 1.83 bits per heavy atom. The molecule has 9 nitrogen and oxygen atoms in total. The second kappa shape index (κ2) is 8.72. The highest BCUT2D eigenvalue weighted by atomic mass is 35.5. The lowest BCUT2D eigenvalue weighted by atomic mass is 9.95. The standard InChI is InChI=1S/C25H19ClN2O7S/c1-3-31-24(30)21-12(2)27-25-28(22(21)13-4-5-16-17(6-13)33-10-32-16)23(29)20(36-25)8-14-7-18-19(9-15(14)26)35-11-34-18/h4-9,22H,3,10-11H2,1-2H3/b20-8+. The molecule has 0 aliphatic carbocycles. The zero-order chi connectivity index (χ0) is 25.0. The second-order valence-corrected chi connectivity index (χ2v) is 9.56. The number of esters is 1. The molecule has 1 atom stereocenters. The Balaban J connectivity index is 1.54. The molecule has 4 heterocycles. The Kier molecular flexibility index (Phi) is 5.50. The number of hydrogen-bond donors (Lipinski definition) is 0. The summed E-state index contributed by atoms with van der Waals surface area (Å²) < 4.78 is 29.0. The Morgan fingerprint density at radius 3 is 2.58 bits per heavy atom. The molecule has 3 aliphatic rings. The molecule has 2 aromatic carbocycles. The zero-order valence-corrected chi connectivity index (χ0v) is 20.8. The molecular weight excluding hydrogens is 508 g/mol. The first kappa shape index (κ1) is 22.7. The fourth-order valence-electron chi connectivity index (χ4n) is 4.37. The van der Waals surface area contributed by atoms with Gasteiger partial charge in [-0.1, -0.05) is 29.0 Å². The smallest absolute Gasteiger partial charge is 0.338 e. The van der Waals surface area contributed by atoms with Gasteiger partial charge >= 0.3 is 5.97 Å². The first-order valence-electron chi connectivity index (χ1n) is 11.1. The van der Waals surface area contributed by atoms with Crippen molar-refractivity contribution in [3.8, 4) is 23.0 Å². The summed E-state index contributed by atoms with van der Waals surface area (Å²) >= 11 is 7.66. The highest BCUT2D eigenvalue weighted by molar-refractivity contribution is 7.07. The molecule has 0 spiro atoms. The number of halogens is 1. The fourth-order valence-corrected chi connectivity index (χ4v) is 5.62. The molecule has 0 amide bonds. The first-order chi connectivity index (χ1) is 17.4. The van der Waals surface area contributed by atoms with Crippen LogP contribution in [0.1, 0.15) is 31.0 Å². The lowest BCUT2D eigenvalue weighted by Crippen LogP contribution is -2.39. The summed E-state index contributed by atoms with van der Waals surface area (Å²) in [5.41, 5.74) is 1.72. The molecule has 6 rings (SSSR count). The Hall–Kier alpha value is -3.76. The van der Waals surface area contributed by atoms with Gasteiger partial charge in [-0.25, -0.2) is 9.79 Å². The number of nitrogens with zero attached hydrogens (tertiary/aromatic N) is 2. The number of fused-ring (bicyclic) bond motifs is 3. The Bertz CT molecular complexity index is 1640. The monoisotopic (exact) mass is 526 g/mol. The third-order valence-electron chi connectivity index (χ3n) is 6.01. The minimum atomic E-state index is -0.760. The molecule has 0 saturated carbocycles. The predicted molar refractivity (Wildman–Crippen MR) is 131 cm³/mol. The van der Waals surface area contributed by atoms with E-state index in [-0.39, 0.29) is 31.3 Å². The van der Waals surface area contributed by atoms with Gasteiger partial charge in [0.1, 0.15) is 0 Å². The van der Waals surface area contributed by atoms with Crippen LogP contribution in [0, 0.1) is 0 Å². The Morgan fingerprint density at radius 1 is 1.14 bits per heavy atom. The molecule has 36 heavy (non-hydrogen) atoms. The van der Waals surface area contributed by atoms with Crippen LogP contribution in [-0.2, 0) is 9.53 Å². The number of carbonyl (C=O) groups is 1. The fraction of sp³-hybridized carbons (Fsp3) is 0.240. The van der Waals surface area contributed by atoms with E-state index in [2.05, 4.69) is 4.99 Å². The number of ether oxygens (including phenoxy) is 5. The number of thiazole rings is 1. The van der Waals surface area contributed by atoms with E-state index in [1.807, 2.05) is 6.07 Å². The van der Waals surface area contributed by atoms with Gasteiger partial charge in [0.05, 0.1) is 33.5 Å². The molecule has 1 unspecified atom stereocenters. The van der Waals surface area contributed by atoms with Crippen molar-refractivity contribution >= 4 is 35.0 Å². The molecule has 0 radical (unpaired) electrons. The second-order valence-electron chi connectivity index (χ2n) is 8.14. The molecule has 0 bridgehead atoms. The maximum atomic E-state index is 13.8. The summed E-state index contributed by atoms with van der Waals surface area (Å²) in [4.78, 5) is 31.8. The molecule has 3 aromatic rings. The lowest BCUT2D eigenvalue weighted by molar-refractivity contribution is -0.139. The maximum absolute atomic E-state index is 13.8. The SMILES string of the molecule is CCOC(=O)C1=C(C)N=c2s/c(=C/c3cc4c(cc3Cl)OCO4)c(=O)n2C1c1ccc2c(c1)OCO2. The third-order valence-corrected chi connectivity index (χ3v) is 7.32. The van der Waals surface area contributed by atoms with Gasteiger partial charge in [0.2, 0.25) is 13.6 Å². The van der Waals surface area contributed by atoms with E-state index in [1.165, 1.54) is 15.9 Å². The number of allylic oxidation sites excluding steroid dienone is 1. The summed E-state index contributed by atoms with van der Waals surface area (Å²) in [6.45, 7) is 3.88. The van der Waals surface area contributed by atoms with Gasteiger partial charge in [-0.15, -0.1) is 0 Å². The lowest BCUT2D eigenvalue weighted by Gasteiger charge is -2.24. The van der Waals surface area contributed by atoms with Crippen molar-refractivity contribution in [2.24, 2.45) is 4.99 Å². The van der Waals surface area contributed by atoms with Crippen molar-refractivity contribution in [3.63, 3.8) is 0 Å². The Labute approximate surface area is 213 Å². The summed E-state index contributed by atoms with van der Waals surface area (Å²) in [6, 6.07) is 7.97. The number of rotatable bonds is 4. The largest absolute Gasteiger partial charge is 0.463 e. The van der Waals surface area contributed by atoms with Crippen LogP contribution in [0.4, 0.5) is 0 Å². The van der Waals surface area contributed by atoms with Crippen molar-refractivity contribution in [1.82, 2.24) is 4.57 Å². The van der Waals surface area contributed by atoms with Crippen LogP contribution >= 0.6 is 22.9 Å². The predicted octanol–water partition coefficient (Wildman–Crippen LogP) is 2.91. The van der Waals surface area contributed by atoms with Crippen LogP contribution in [-0.4, -0.2) is 30.7 Å². The highest BCUT2D eigenvalue weighted by Gasteiger charge is 2.34. The van der Waals surface area contributed by atoms with Crippen LogP contribution in [0.5, 0.6) is 23.0 Å². The van der Waals surface area contributed by atoms with E-state index in [9.17, 15) is 9.59 Å². The van der Waals surface area contributed by atoms with Gasteiger partial charge in [-0.05, 0) is 49.2 Å². The van der Waals surface area contributed by atoms with Crippen molar-refractivity contribution < 1.29 is 28.5 Å². The normalized spacial score (nSPS) is 17.8. The quantitative estimate of drug-likeness (QED) is 0.482. The first-order valence-corrected chi connectivity index (χ1v) is 12.3. The van der Waals surface area contributed by atoms with Crippen LogP contribution in [0.3, 0.4) is 0 Å². The minimum absolute atomic E-state index is 0.109. The van der Waals surface area contributed by atoms with Gasteiger partial charge in [0.15, 0.2) is 27.8 Å². The summed E-state index contributed by atoms with van der Waals surface area (Å²) in [7, 11) is 0. The topological polar surface area (TPSA) is 97.6 Å². The van der Waals surface area contributed by atoms with E-state index in [1.54, 1.807) is 44.2 Å². The van der Waals surface area contributed by atoms with Crippen molar-refractivity contribution in [2.45, 2.75) is 19.9 Å². The third kappa shape index (κ3) is 3.64. The number of benzene rings is 2. The van der Waals surface area contributed by atoms with Crippen molar-refractivity contribution in [1.29, 1.82) is 0 Å². The van der Waals surface area contributed by atoms with E-state index < -0.39 is 12.0 Å². The van der Waals surface area contributed by atoms with Crippen LogP contribution in [0.25, 0.3) is 6.08 Å². The van der Waals surface area contributed by atoms with Gasteiger partial charge < -0.3 is 23.7 Å². The van der Waals surface area contributed by atoms with Crippen molar-refractivity contribution in [3.05, 3.63) is 77.4 Å². The van der Waals surface area contributed by atoms with Gasteiger partial charge in [0.25, 0.3) is 5.56 Å². The van der Waals surface area contributed by atoms with E-state index in [0.29, 0.717) is 54.2 Å². The average molecular weight is 527 g/mol. The maximum Gasteiger partial charge on any atom is 0.338 e. The molecule has 1 aromatic heterocycles. The van der Waals surface area contributed by atoms with Gasteiger partial charge in [-0.3, -0.25) is 9.36 Å². The molecule has 3 aliphatic heterocycles. The van der Waals surface area contributed by atoms with E-state index in [0.717, 1.165) is 0 Å². The van der Waals surface area contributed by atoms with E-state index in [4.69, 9.17) is 35.3 Å². The molecule has 184 valence electrons. The molecule has 0 fully saturated rings. The zero-order valence-electron chi connectivity index (χ0n) is 19.2.